The minimum absolute atomic E-state index is 0.0857. The third-order valence-electron chi connectivity index (χ3n) is 4.99. The number of aryl methyl sites for hydroxylation is 2. The van der Waals surface area contributed by atoms with E-state index >= 15 is 0 Å². The minimum Gasteiger partial charge on any atom is -0.273 e. The van der Waals surface area contributed by atoms with Crippen LogP contribution in [0, 0.1) is 19.8 Å². The average Bonchev–Trinajstić information content (AvgIpc) is 2.72. The molecule has 1 fully saturated rings. The van der Waals surface area contributed by atoms with Gasteiger partial charge in [-0.25, -0.2) is 8.42 Å². The summed E-state index contributed by atoms with van der Waals surface area (Å²) in [7, 11) is -3.66. The Kier molecular flexibility index (Phi) is 6.34. The molecule has 1 aliphatic rings. The highest BCUT2D eigenvalue weighted by Crippen LogP contribution is 2.24. The van der Waals surface area contributed by atoms with Gasteiger partial charge in [0.2, 0.25) is 15.9 Å². The van der Waals surface area contributed by atoms with Crippen molar-refractivity contribution in [1.82, 2.24) is 15.2 Å². The second-order valence-electron chi connectivity index (χ2n) is 7.33. The lowest BCUT2D eigenvalue weighted by Gasteiger charge is -2.31. The zero-order chi connectivity index (χ0) is 21.0. The van der Waals surface area contributed by atoms with Gasteiger partial charge >= 0.3 is 0 Å². The van der Waals surface area contributed by atoms with E-state index in [0.29, 0.717) is 24.9 Å². The van der Waals surface area contributed by atoms with Crippen LogP contribution in [0.3, 0.4) is 0 Å². The van der Waals surface area contributed by atoms with Crippen LogP contribution < -0.4 is 10.9 Å². The van der Waals surface area contributed by atoms with E-state index in [4.69, 9.17) is 0 Å². The van der Waals surface area contributed by atoms with Crippen LogP contribution in [0.1, 0.15) is 34.3 Å². The third kappa shape index (κ3) is 5.02. The molecule has 0 aromatic heterocycles. The molecule has 0 aliphatic carbocycles. The van der Waals surface area contributed by atoms with Gasteiger partial charge in [-0.1, -0.05) is 35.4 Å². The number of sulfonamides is 1. The van der Waals surface area contributed by atoms with Gasteiger partial charge in [0, 0.05) is 18.7 Å². The molecule has 29 heavy (non-hydrogen) atoms. The van der Waals surface area contributed by atoms with Crippen molar-refractivity contribution in [2.75, 3.05) is 13.1 Å². The zero-order valence-electron chi connectivity index (χ0n) is 16.5. The number of piperidine rings is 1. The monoisotopic (exact) mass is 415 g/mol. The van der Waals surface area contributed by atoms with Crippen molar-refractivity contribution in [2.24, 2.45) is 5.92 Å². The number of carbonyl (C=O) groups is 2. The molecule has 1 heterocycles. The summed E-state index contributed by atoms with van der Waals surface area (Å²) in [6, 6.07) is 13.7. The first-order chi connectivity index (χ1) is 13.8. The van der Waals surface area contributed by atoms with Crippen LogP contribution in [0.25, 0.3) is 0 Å². The van der Waals surface area contributed by atoms with E-state index in [2.05, 4.69) is 10.9 Å². The van der Waals surface area contributed by atoms with Crippen molar-refractivity contribution in [3.8, 4) is 0 Å². The molecule has 1 saturated heterocycles. The molecule has 1 aliphatic heterocycles. The van der Waals surface area contributed by atoms with Crippen LogP contribution in [0.5, 0.6) is 0 Å². The van der Waals surface area contributed by atoms with E-state index in [9.17, 15) is 18.0 Å². The Bertz CT molecular complexity index is 1000. The Morgan fingerprint density at radius 1 is 1.00 bits per heavy atom. The molecular weight excluding hydrogens is 390 g/mol. The first kappa shape index (κ1) is 21.0. The van der Waals surface area contributed by atoms with Gasteiger partial charge in [-0.3, -0.25) is 20.4 Å². The molecule has 2 aromatic carbocycles. The van der Waals surface area contributed by atoms with Crippen molar-refractivity contribution < 1.29 is 18.0 Å². The Morgan fingerprint density at radius 2 is 1.72 bits per heavy atom. The lowest BCUT2D eigenvalue weighted by atomic mass is 9.99. The summed E-state index contributed by atoms with van der Waals surface area (Å²) in [5.41, 5.74) is 7.19. The lowest BCUT2D eigenvalue weighted by Crippen LogP contribution is -2.50. The standard InChI is InChI=1S/C21H25N3O4S/c1-15-8-10-19(11-9-15)29(27,28)24-12-4-7-18(14-24)21(26)23-22-20(25)17-6-3-5-16(2)13-17/h3,5-6,8-11,13,18H,4,7,12,14H2,1-2H3,(H,22,25)(H,23,26). The maximum atomic E-state index is 12.9. The van der Waals surface area contributed by atoms with E-state index in [1.54, 1.807) is 42.5 Å². The van der Waals surface area contributed by atoms with E-state index in [1.165, 1.54) is 4.31 Å². The van der Waals surface area contributed by atoms with E-state index in [0.717, 1.165) is 11.1 Å². The number of hydrogen-bond acceptors (Lipinski definition) is 4. The number of amides is 2. The van der Waals surface area contributed by atoms with Crippen molar-refractivity contribution in [1.29, 1.82) is 0 Å². The SMILES string of the molecule is Cc1ccc(S(=O)(=O)N2CCCC(C(=O)NNC(=O)c3cccc(C)c3)C2)cc1. The molecule has 7 nitrogen and oxygen atoms in total. The normalized spacial score (nSPS) is 17.5. The van der Waals surface area contributed by atoms with Crippen molar-refractivity contribution >= 4 is 21.8 Å². The highest BCUT2D eigenvalue weighted by Gasteiger charge is 2.33. The molecule has 0 radical (unpaired) electrons. The number of nitrogens with zero attached hydrogens (tertiary/aromatic N) is 1. The summed E-state index contributed by atoms with van der Waals surface area (Å²) in [5, 5.41) is 0. The molecule has 0 bridgehead atoms. The second kappa shape index (κ2) is 8.75. The van der Waals surface area contributed by atoms with E-state index in [-0.39, 0.29) is 11.4 Å². The van der Waals surface area contributed by atoms with Crippen molar-refractivity contribution in [3.05, 3.63) is 65.2 Å². The number of carbonyl (C=O) groups excluding carboxylic acids is 2. The van der Waals surface area contributed by atoms with Gasteiger partial charge in [0.25, 0.3) is 5.91 Å². The third-order valence-corrected chi connectivity index (χ3v) is 6.87. The molecule has 8 heteroatoms. The highest BCUT2D eigenvalue weighted by atomic mass is 32.2. The maximum absolute atomic E-state index is 12.9. The maximum Gasteiger partial charge on any atom is 0.269 e. The lowest BCUT2D eigenvalue weighted by molar-refractivity contribution is -0.126. The van der Waals surface area contributed by atoms with Crippen LogP contribution in [-0.4, -0.2) is 37.6 Å². The summed E-state index contributed by atoms with van der Waals surface area (Å²) < 4.78 is 27.1. The van der Waals surface area contributed by atoms with Gasteiger partial charge < -0.3 is 0 Å². The quantitative estimate of drug-likeness (QED) is 0.748. The molecule has 3 rings (SSSR count). The predicted molar refractivity (Wildman–Crippen MR) is 109 cm³/mol. The van der Waals surface area contributed by atoms with Gasteiger partial charge in [0.15, 0.2) is 0 Å². The minimum atomic E-state index is -3.66. The summed E-state index contributed by atoms with van der Waals surface area (Å²) >= 11 is 0. The summed E-state index contributed by atoms with van der Waals surface area (Å²) in [4.78, 5) is 24.9. The molecule has 0 spiro atoms. The van der Waals surface area contributed by atoms with Gasteiger partial charge in [-0.05, 0) is 51.0 Å². The number of hydrazine groups is 1. The molecule has 2 aromatic rings. The van der Waals surface area contributed by atoms with Crippen molar-refractivity contribution in [3.63, 3.8) is 0 Å². The van der Waals surface area contributed by atoms with E-state index < -0.39 is 27.8 Å². The number of nitrogens with one attached hydrogen (secondary N) is 2. The van der Waals surface area contributed by atoms with Crippen LogP contribution in [0.15, 0.2) is 53.4 Å². The number of rotatable bonds is 4. The number of benzene rings is 2. The fourth-order valence-electron chi connectivity index (χ4n) is 3.31. The van der Waals surface area contributed by atoms with Gasteiger partial charge in [0.05, 0.1) is 10.8 Å². The number of hydrogen-bond donors (Lipinski definition) is 2. The smallest absolute Gasteiger partial charge is 0.269 e. The Hall–Kier alpha value is -2.71. The fourth-order valence-corrected chi connectivity index (χ4v) is 4.84. The molecule has 2 amide bonds. The molecule has 1 atom stereocenters. The van der Waals surface area contributed by atoms with Gasteiger partial charge in [-0.15, -0.1) is 0 Å². The van der Waals surface area contributed by atoms with Crippen molar-refractivity contribution in [2.45, 2.75) is 31.6 Å². The summed E-state index contributed by atoms with van der Waals surface area (Å²) in [6.45, 7) is 4.22. The summed E-state index contributed by atoms with van der Waals surface area (Å²) in [6.07, 6.45) is 1.14. The molecule has 154 valence electrons. The molecule has 0 saturated carbocycles. The van der Waals surface area contributed by atoms with Crippen LogP contribution in [0.2, 0.25) is 0 Å². The van der Waals surface area contributed by atoms with Gasteiger partial charge in [0.1, 0.15) is 0 Å². The second-order valence-corrected chi connectivity index (χ2v) is 9.27. The first-order valence-corrected chi connectivity index (χ1v) is 10.9. The molecule has 1 unspecified atom stereocenters. The zero-order valence-corrected chi connectivity index (χ0v) is 17.3. The first-order valence-electron chi connectivity index (χ1n) is 9.51. The van der Waals surface area contributed by atoms with Crippen LogP contribution in [-0.2, 0) is 14.8 Å². The predicted octanol–water partition coefficient (Wildman–Crippen LogP) is 2.17. The summed E-state index contributed by atoms with van der Waals surface area (Å²) in [5.74, 6) is -1.33. The largest absolute Gasteiger partial charge is 0.273 e. The molecular formula is C21H25N3O4S. The van der Waals surface area contributed by atoms with E-state index in [1.807, 2.05) is 19.9 Å². The molecule has 2 N–H and O–H groups in total. The Balaban J connectivity index is 1.62. The topological polar surface area (TPSA) is 95.6 Å². The van der Waals surface area contributed by atoms with Crippen LogP contribution >= 0.6 is 0 Å². The Labute approximate surface area is 171 Å². The highest BCUT2D eigenvalue weighted by molar-refractivity contribution is 7.89. The van der Waals surface area contributed by atoms with Gasteiger partial charge in [-0.2, -0.15) is 4.31 Å². The Morgan fingerprint density at radius 3 is 2.41 bits per heavy atom. The average molecular weight is 416 g/mol. The van der Waals surface area contributed by atoms with Crippen LogP contribution in [0.4, 0.5) is 0 Å². The fraction of sp³-hybridized carbons (Fsp3) is 0.333.